The largest absolute Gasteiger partial charge is 0.480 e. The van der Waals surface area contributed by atoms with Gasteiger partial charge in [-0.1, -0.05) is 36.2 Å². The topological polar surface area (TPSA) is 78.4 Å². The standard InChI is InChI=1S/C12H14Cl2N2O3/c1-2-15-9(12(18)19)6-10(17)16-8-5-3-4-7(13)11(8)14/h3-5,9,15H,2,6H2,1H3,(H,16,17)(H,18,19). The first-order valence-electron chi connectivity index (χ1n) is 5.65. The van der Waals surface area contributed by atoms with Crippen molar-refractivity contribution in [2.45, 2.75) is 19.4 Å². The lowest BCUT2D eigenvalue weighted by Crippen LogP contribution is -2.39. The molecule has 0 aromatic heterocycles. The molecule has 1 aromatic rings. The molecule has 0 aliphatic rings. The monoisotopic (exact) mass is 304 g/mol. The van der Waals surface area contributed by atoms with Crippen LogP contribution < -0.4 is 10.6 Å². The van der Waals surface area contributed by atoms with Gasteiger partial charge in [-0.25, -0.2) is 0 Å². The Balaban J connectivity index is 2.69. The van der Waals surface area contributed by atoms with Gasteiger partial charge in [-0.2, -0.15) is 0 Å². The number of carboxylic acids is 1. The van der Waals surface area contributed by atoms with E-state index in [9.17, 15) is 9.59 Å². The van der Waals surface area contributed by atoms with Gasteiger partial charge >= 0.3 is 5.97 Å². The first-order chi connectivity index (χ1) is 8.95. The van der Waals surface area contributed by atoms with Crippen LogP contribution in [0.15, 0.2) is 18.2 Å². The smallest absolute Gasteiger partial charge is 0.321 e. The number of rotatable bonds is 6. The summed E-state index contributed by atoms with van der Waals surface area (Å²) in [6.07, 6.45) is -0.188. The summed E-state index contributed by atoms with van der Waals surface area (Å²) in [5.74, 6) is -1.52. The predicted octanol–water partition coefficient (Wildman–Crippen LogP) is 2.38. The van der Waals surface area contributed by atoms with Crippen LogP contribution in [0.25, 0.3) is 0 Å². The van der Waals surface area contributed by atoms with Gasteiger partial charge in [0.2, 0.25) is 5.91 Å². The number of nitrogens with one attached hydrogen (secondary N) is 2. The SMILES string of the molecule is CCNC(CC(=O)Nc1cccc(Cl)c1Cl)C(=O)O. The molecular weight excluding hydrogens is 291 g/mol. The molecule has 1 unspecified atom stereocenters. The van der Waals surface area contributed by atoms with Gasteiger partial charge < -0.3 is 15.7 Å². The van der Waals surface area contributed by atoms with Crippen molar-refractivity contribution in [2.75, 3.05) is 11.9 Å². The van der Waals surface area contributed by atoms with Gasteiger partial charge in [-0.3, -0.25) is 9.59 Å². The number of aliphatic carboxylic acids is 1. The molecule has 1 rings (SSSR count). The maximum absolute atomic E-state index is 11.7. The van der Waals surface area contributed by atoms with Crippen LogP contribution in [0.1, 0.15) is 13.3 Å². The minimum absolute atomic E-state index is 0.188. The number of carbonyl (C=O) groups excluding carboxylic acids is 1. The Morgan fingerprint density at radius 3 is 2.63 bits per heavy atom. The lowest BCUT2D eigenvalue weighted by atomic mass is 10.2. The number of halogens is 2. The van der Waals surface area contributed by atoms with E-state index in [0.717, 1.165) is 0 Å². The summed E-state index contributed by atoms with van der Waals surface area (Å²) in [5.41, 5.74) is 0.361. The van der Waals surface area contributed by atoms with Gasteiger partial charge in [0.15, 0.2) is 0 Å². The van der Waals surface area contributed by atoms with Gasteiger partial charge in [0.25, 0.3) is 0 Å². The number of amides is 1. The van der Waals surface area contributed by atoms with Crippen LogP contribution >= 0.6 is 23.2 Å². The van der Waals surface area contributed by atoms with Gasteiger partial charge in [-0.15, -0.1) is 0 Å². The molecule has 0 heterocycles. The van der Waals surface area contributed by atoms with E-state index in [4.69, 9.17) is 28.3 Å². The van der Waals surface area contributed by atoms with E-state index in [1.807, 2.05) is 0 Å². The first-order valence-corrected chi connectivity index (χ1v) is 6.41. The average molecular weight is 305 g/mol. The fourth-order valence-corrected chi connectivity index (χ4v) is 1.83. The quantitative estimate of drug-likeness (QED) is 0.754. The second kappa shape index (κ2) is 7.33. The van der Waals surface area contributed by atoms with Crippen LogP contribution in [-0.2, 0) is 9.59 Å². The summed E-state index contributed by atoms with van der Waals surface area (Å²) in [6.45, 7) is 2.23. The van der Waals surface area contributed by atoms with Crippen molar-refractivity contribution in [1.29, 1.82) is 0 Å². The summed E-state index contributed by atoms with van der Waals surface area (Å²) in [5, 5.41) is 14.7. The first kappa shape index (κ1) is 15.8. The maximum Gasteiger partial charge on any atom is 0.321 e. The highest BCUT2D eigenvalue weighted by Crippen LogP contribution is 2.29. The molecule has 1 aromatic carbocycles. The molecule has 1 atom stereocenters. The van der Waals surface area contributed by atoms with Crippen LogP contribution in [0.3, 0.4) is 0 Å². The van der Waals surface area contributed by atoms with Crippen molar-refractivity contribution in [2.24, 2.45) is 0 Å². The highest BCUT2D eigenvalue weighted by atomic mass is 35.5. The molecule has 7 heteroatoms. The number of carbonyl (C=O) groups is 2. The van der Waals surface area contributed by atoms with E-state index >= 15 is 0 Å². The summed E-state index contributed by atoms with van der Waals surface area (Å²) in [6, 6.07) is 3.90. The Labute approximate surface area is 120 Å². The van der Waals surface area contributed by atoms with E-state index in [1.54, 1.807) is 25.1 Å². The van der Waals surface area contributed by atoms with Crippen molar-refractivity contribution >= 4 is 40.8 Å². The second-order valence-corrected chi connectivity index (χ2v) is 4.59. The van der Waals surface area contributed by atoms with E-state index in [2.05, 4.69) is 10.6 Å². The highest BCUT2D eigenvalue weighted by Gasteiger charge is 2.20. The minimum atomic E-state index is -1.07. The molecule has 104 valence electrons. The third kappa shape index (κ3) is 4.70. The fraction of sp³-hybridized carbons (Fsp3) is 0.333. The third-order valence-corrected chi connectivity index (χ3v) is 3.18. The third-order valence-electron chi connectivity index (χ3n) is 2.36. The number of hydrogen-bond acceptors (Lipinski definition) is 3. The molecule has 0 aliphatic carbocycles. The molecule has 1 amide bonds. The van der Waals surface area contributed by atoms with Crippen molar-refractivity contribution in [3.8, 4) is 0 Å². The molecule has 19 heavy (non-hydrogen) atoms. The number of benzene rings is 1. The van der Waals surface area contributed by atoms with Crippen LogP contribution in [0.4, 0.5) is 5.69 Å². The van der Waals surface area contributed by atoms with Gasteiger partial charge in [0.1, 0.15) is 6.04 Å². The number of likely N-dealkylation sites (N-methyl/N-ethyl adjacent to an activating group) is 1. The van der Waals surface area contributed by atoms with E-state index in [1.165, 1.54) is 0 Å². The zero-order chi connectivity index (χ0) is 14.4. The van der Waals surface area contributed by atoms with Crippen molar-refractivity contribution in [3.63, 3.8) is 0 Å². The zero-order valence-electron chi connectivity index (χ0n) is 10.2. The summed E-state index contributed by atoms with van der Waals surface area (Å²) < 4.78 is 0. The Hall–Kier alpha value is -1.30. The second-order valence-electron chi connectivity index (χ2n) is 3.80. The summed E-state index contributed by atoms with van der Waals surface area (Å²) in [7, 11) is 0. The van der Waals surface area contributed by atoms with Crippen LogP contribution in [0.5, 0.6) is 0 Å². The normalized spacial score (nSPS) is 11.9. The molecule has 0 aliphatic heterocycles. The lowest BCUT2D eigenvalue weighted by molar-refractivity contribution is -0.141. The number of carboxylic acid groups (broad SMARTS) is 1. The maximum atomic E-state index is 11.7. The van der Waals surface area contributed by atoms with E-state index in [0.29, 0.717) is 17.3 Å². The number of hydrogen-bond donors (Lipinski definition) is 3. The molecule has 0 saturated carbocycles. The van der Waals surface area contributed by atoms with Crippen molar-refractivity contribution in [3.05, 3.63) is 28.2 Å². The van der Waals surface area contributed by atoms with Gasteiger partial charge in [0.05, 0.1) is 22.2 Å². The van der Waals surface area contributed by atoms with E-state index in [-0.39, 0.29) is 11.4 Å². The molecule has 0 fully saturated rings. The lowest BCUT2D eigenvalue weighted by Gasteiger charge is -2.13. The average Bonchev–Trinajstić information content (AvgIpc) is 2.34. The Kier molecular flexibility index (Phi) is 6.08. The molecule has 3 N–H and O–H groups in total. The zero-order valence-corrected chi connectivity index (χ0v) is 11.8. The van der Waals surface area contributed by atoms with Gasteiger partial charge in [0, 0.05) is 0 Å². The Morgan fingerprint density at radius 1 is 1.37 bits per heavy atom. The summed E-state index contributed by atoms with van der Waals surface area (Å²) in [4.78, 5) is 22.7. The van der Waals surface area contributed by atoms with Crippen LogP contribution in [-0.4, -0.2) is 29.6 Å². The number of anilines is 1. The Morgan fingerprint density at radius 2 is 2.05 bits per heavy atom. The Bertz CT molecular complexity index is 480. The van der Waals surface area contributed by atoms with Crippen molar-refractivity contribution in [1.82, 2.24) is 5.32 Å². The highest BCUT2D eigenvalue weighted by molar-refractivity contribution is 6.43. The predicted molar refractivity (Wildman–Crippen MR) is 74.8 cm³/mol. The molecule has 5 nitrogen and oxygen atoms in total. The summed E-state index contributed by atoms with van der Waals surface area (Å²) >= 11 is 11.7. The molecular formula is C12H14Cl2N2O3. The van der Waals surface area contributed by atoms with Crippen LogP contribution in [0.2, 0.25) is 10.0 Å². The molecule has 0 bridgehead atoms. The van der Waals surface area contributed by atoms with Crippen molar-refractivity contribution < 1.29 is 14.7 Å². The minimum Gasteiger partial charge on any atom is -0.480 e. The molecule has 0 spiro atoms. The molecule has 0 radical (unpaired) electrons. The van der Waals surface area contributed by atoms with Crippen LogP contribution in [0, 0.1) is 0 Å². The molecule has 0 saturated heterocycles. The van der Waals surface area contributed by atoms with E-state index < -0.39 is 17.9 Å². The van der Waals surface area contributed by atoms with Gasteiger partial charge in [-0.05, 0) is 18.7 Å². The fourth-order valence-electron chi connectivity index (χ4n) is 1.48.